The first-order valence-electron chi connectivity index (χ1n) is 6.94. The van der Waals surface area contributed by atoms with E-state index in [0.717, 1.165) is 22.0 Å². The van der Waals surface area contributed by atoms with E-state index in [1.54, 1.807) is 0 Å². The van der Waals surface area contributed by atoms with E-state index in [2.05, 4.69) is 15.2 Å². The van der Waals surface area contributed by atoms with E-state index in [9.17, 15) is 15.2 Å². The zero-order valence-corrected chi connectivity index (χ0v) is 12.6. The summed E-state index contributed by atoms with van der Waals surface area (Å²) in [5.41, 5.74) is 3.68. The molecule has 0 atom stereocenters. The number of azo groups is 1. The number of aromatic amines is 1. The van der Waals surface area contributed by atoms with Gasteiger partial charge in [-0.1, -0.05) is 11.6 Å². The molecular formula is C16H14N4O3. The number of H-pyrrole nitrogens is 1. The van der Waals surface area contributed by atoms with E-state index < -0.39 is 4.92 Å². The van der Waals surface area contributed by atoms with Crippen LogP contribution in [-0.2, 0) is 0 Å². The van der Waals surface area contributed by atoms with Crippen molar-refractivity contribution in [3.8, 4) is 5.88 Å². The SMILES string of the molecule is Cc1cc(C)c2[nH]c(O)c(N=Nc3ccc([N+](=O)[O-])cc3)c2c1. The Kier molecular flexibility index (Phi) is 3.53. The molecule has 116 valence electrons. The summed E-state index contributed by atoms with van der Waals surface area (Å²) in [5.74, 6) is -0.0561. The Morgan fingerprint density at radius 1 is 1.13 bits per heavy atom. The minimum Gasteiger partial charge on any atom is -0.493 e. The molecule has 0 amide bonds. The maximum Gasteiger partial charge on any atom is 0.269 e. The molecule has 23 heavy (non-hydrogen) atoms. The molecule has 0 bridgehead atoms. The molecule has 3 rings (SSSR count). The van der Waals surface area contributed by atoms with Crippen molar-refractivity contribution in [2.45, 2.75) is 13.8 Å². The van der Waals surface area contributed by atoms with Crippen LogP contribution >= 0.6 is 0 Å². The number of nitro groups is 1. The quantitative estimate of drug-likeness (QED) is 0.412. The highest BCUT2D eigenvalue weighted by Gasteiger charge is 2.12. The number of fused-ring (bicyclic) bond motifs is 1. The highest BCUT2D eigenvalue weighted by Crippen LogP contribution is 2.38. The number of aryl methyl sites for hydroxylation is 2. The van der Waals surface area contributed by atoms with Gasteiger partial charge in [0.2, 0.25) is 5.88 Å². The molecule has 1 aromatic heterocycles. The smallest absolute Gasteiger partial charge is 0.269 e. The lowest BCUT2D eigenvalue weighted by Gasteiger charge is -1.99. The fourth-order valence-electron chi connectivity index (χ4n) is 2.48. The first-order valence-corrected chi connectivity index (χ1v) is 6.94. The van der Waals surface area contributed by atoms with Crippen molar-refractivity contribution >= 4 is 28.0 Å². The van der Waals surface area contributed by atoms with E-state index in [4.69, 9.17) is 0 Å². The molecule has 0 aliphatic carbocycles. The number of nitrogens with zero attached hydrogens (tertiary/aromatic N) is 3. The second kappa shape index (κ2) is 5.53. The molecule has 2 N–H and O–H groups in total. The van der Waals surface area contributed by atoms with Gasteiger partial charge in [-0.05, 0) is 37.6 Å². The predicted octanol–water partition coefficient (Wildman–Crippen LogP) is 4.81. The van der Waals surface area contributed by atoms with Gasteiger partial charge < -0.3 is 10.1 Å². The lowest BCUT2D eigenvalue weighted by Crippen LogP contribution is -1.85. The third-order valence-electron chi connectivity index (χ3n) is 3.53. The van der Waals surface area contributed by atoms with Crippen molar-refractivity contribution in [2.75, 3.05) is 0 Å². The number of hydrogen-bond acceptors (Lipinski definition) is 5. The molecular weight excluding hydrogens is 296 g/mol. The van der Waals surface area contributed by atoms with Crippen molar-refractivity contribution in [1.29, 1.82) is 0 Å². The Bertz CT molecular complexity index is 927. The molecule has 2 aromatic carbocycles. The van der Waals surface area contributed by atoms with Crippen LogP contribution in [0.1, 0.15) is 11.1 Å². The number of rotatable bonds is 3. The standard InChI is InChI=1S/C16H14N4O3/c1-9-7-10(2)14-13(8-9)15(16(21)17-14)19-18-11-3-5-12(6-4-11)20(22)23/h3-8,17,21H,1-2H3. The zero-order chi connectivity index (χ0) is 16.6. The minimum atomic E-state index is -0.474. The molecule has 0 saturated heterocycles. The highest BCUT2D eigenvalue weighted by atomic mass is 16.6. The Balaban J connectivity index is 2.00. The monoisotopic (exact) mass is 310 g/mol. The second-order valence-corrected chi connectivity index (χ2v) is 5.30. The van der Waals surface area contributed by atoms with Crippen LogP contribution in [0.15, 0.2) is 46.6 Å². The van der Waals surface area contributed by atoms with Crippen LogP contribution in [0.25, 0.3) is 10.9 Å². The first kappa shape index (κ1) is 14.7. The summed E-state index contributed by atoms with van der Waals surface area (Å²) in [6.45, 7) is 3.91. The molecule has 1 heterocycles. The number of benzene rings is 2. The van der Waals surface area contributed by atoms with Gasteiger partial charge >= 0.3 is 0 Å². The van der Waals surface area contributed by atoms with Crippen LogP contribution in [0.3, 0.4) is 0 Å². The number of nitro benzene ring substituents is 1. The average Bonchev–Trinajstić information content (AvgIpc) is 2.82. The van der Waals surface area contributed by atoms with Crippen LogP contribution in [0.2, 0.25) is 0 Å². The summed E-state index contributed by atoms with van der Waals surface area (Å²) >= 11 is 0. The maximum absolute atomic E-state index is 10.6. The van der Waals surface area contributed by atoms with Gasteiger partial charge in [-0.3, -0.25) is 10.1 Å². The molecule has 0 spiro atoms. The van der Waals surface area contributed by atoms with Gasteiger partial charge in [0.25, 0.3) is 5.69 Å². The lowest BCUT2D eigenvalue weighted by atomic mass is 10.1. The second-order valence-electron chi connectivity index (χ2n) is 5.30. The van der Waals surface area contributed by atoms with Gasteiger partial charge in [0.15, 0.2) is 5.69 Å². The van der Waals surface area contributed by atoms with Crippen molar-refractivity contribution in [3.05, 3.63) is 57.6 Å². The third-order valence-corrected chi connectivity index (χ3v) is 3.53. The van der Waals surface area contributed by atoms with Crippen LogP contribution in [-0.4, -0.2) is 15.0 Å². The fourth-order valence-corrected chi connectivity index (χ4v) is 2.48. The topological polar surface area (TPSA) is 104 Å². The molecule has 7 heteroatoms. The van der Waals surface area contributed by atoms with E-state index in [1.807, 2.05) is 26.0 Å². The van der Waals surface area contributed by atoms with Crippen molar-refractivity contribution in [2.24, 2.45) is 10.2 Å². The summed E-state index contributed by atoms with van der Waals surface area (Å²) in [4.78, 5) is 13.0. The lowest BCUT2D eigenvalue weighted by molar-refractivity contribution is -0.384. The number of aromatic nitrogens is 1. The normalized spacial score (nSPS) is 11.4. The number of nitrogens with one attached hydrogen (secondary N) is 1. The van der Waals surface area contributed by atoms with Gasteiger partial charge in [-0.2, -0.15) is 5.11 Å². The molecule has 0 fully saturated rings. The van der Waals surface area contributed by atoms with E-state index in [-0.39, 0.29) is 11.6 Å². The molecule has 3 aromatic rings. The molecule has 7 nitrogen and oxygen atoms in total. The summed E-state index contributed by atoms with van der Waals surface area (Å²) in [6.07, 6.45) is 0. The van der Waals surface area contributed by atoms with Crippen LogP contribution in [0.5, 0.6) is 5.88 Å². The Morgan fingerprint density at radius 2 is 1.83 bits per heavy atom. The first-order chi connectivity index (χ1) is 11.0. The van der Waals surface area contributed by atoms with Crippen molar-refractivity contribution in [1.82, 2.24) is 4.98 Å². The van der Waals surface area contributed by atoms with Gasteiger partial charge in [0, 0.05) is 17.5 Å². The maximum atomic E-state index is 10.6. The minimum absolute atomic E-state index is 0.00913. The Morgan fingerprint density at radius 3 is 2.48 bits per heavy atom. The Hall–Kier alpha value is -3.22. The fraction of sp³-hybridized carbons (Fsp3) is 0.125. The molecule has 0 aliphatic rings. The average molecular weight is 310 g/mol. The van der Waals surface area contributed by atoms with Gasteiger partial charge in [0.1, 0.15) is 0 Å². The zero-order valence-electron chi connectivity index (χ0n) is 12.6. The predicted molar refractivity (Wildman–Crippen MR) is 86.7 cm³/mol. The Labute approximate surface area is 131 Å². The van der Waals surface area contributed by atoms with Gasteiger partial charge in [-0.25, -0.2) is 0 Å². The van der Waals surface area contributed by atoms with Crippen LogP contribution in [0, 0.1) is 24.0 Å². The van der Waals surface area contributed by atoms with Crippen molar-refractivity contribution in [3.63, 3.8) is 0 Å². The van der Waals surface area contributed by atoms with E-state index in [1.165, 1.54) is 24.3 Å². The molecule has 0 aliphatic heterocycles. The summed E-state index contributed by atoms with van der Waals surface area (Å²) < 4.78 is 0. The molecule has 0 radical (unpaired) electrons. The van der Waals surface area contributed by atoms with Gasteiger partial charge in [0.05, 0.1) is 16.1 Å². The highest BCUT2D eigenvalue weighted by molar-refractivity contribution is 5.96. The third kappa shape index (κ3) is 2.76. The summed E-state index contributed by atoms with van der Waals surface area (Å²) in [7, 11) is 0. The van der Waals surface area contributed by atoms with Crippen molar-refractivity contribution < 1.29 is 10.0 Å². The van der Waals surface area contributed by atoms with E-state index >= 15 is 0 Å². The molecule has 0 unspecified atom stereocenters. The molecule has 0 saturated carbocycles. The van der Waals surface area contributed by atoms with Gasteiger partial charge in [-0.15, -0.1) is 5.11 Å². The summed E-state index contributed by atoms with van der Waals surface area (Å²) in [5, 5.41) is 29.6. The summed E-state index contributed by atoms with van der Waals surface area (Å²) in [6, 6.07) is 9.65. The van der Waals surface area contributed by atoms with E-state index in [0.29, 0.717) is 11.4 Å². The number of hydrogen-bond donors (Lipinski definition) is 2. The number of aromatic hydroxyl groups is 1. The van der Waals surface area contributed by atoms with Crippen LogP contribution < -0.4 is 0 Å². The largest absolute Gasteiger partial charge is 0.493 e. The van der Waals surface area contributed by atoms with Crippen LogP contribution in [0.4, 0.5) is 17.1 Å². The number of non-ortho nitro benzene ring substituents is 1.